The minimum atomic E-state index is -0.105. The standard InChI is InChI=1S/C11H15N3O2/c1-8(15)9-3-5-14(7-9)10-11(16)13(2)6-4-12-10/h4,6,9H,3,5,7H2,1-2H3. The molecule has 1 aliphatic heterocycles. The molecule has 1 atom stereocenters. The zero-order valence-electron chi connectivity index (χ0n) is 9.51. The van der Waals surface area contributed by atoms with E-state index in [1.807, 2.05) is 4.90 Å². The fourth-order valence-corrected chi connectivity index (χ4v) is 1.99. The van der Waals surface area contributed by atoms with E-state index in [-0.39, 0.29) is 17.3 Å². The molecule has 2 rings (SSSR count). The van der Waals surface area contributed by atoms with Crippen molar-refractivity contribution < 1.29 is 4.79 Å². The van der Waals surface area contributed by atoms with Crippen LogP contribution in [0.1, 0.15) is 13.3 Å². The van der Waals surface area contributed by atoms with Crippen LogP contribution in [0, 0.1) is 5.92 Å². The Balaban J connectivity index is 2.24. The van der Waals surface area contributed by atoms with Gasteiger partial charge in [-0.1, -0.05) is 0 Å². The molecule has 1 unspecified atom stereocenters. The zero-order valence-corrected chi connectivity index (χ0v) is 9.51. The van der Waals surface area contributed by atoms with Crippen LogP contribution >= 0.6 is 0 Å². The highest BCUT2D eigenvalue weighted by molar-refractivity contribution is 5.79. The monoisotopic (exact) mass is 221 g/mol. The van der Waals surface area contributed by atoms with Gasteiger partial charge in [-0.05, 0) is 13.3 Å². The Morgan fingerprint density at radius 2 is 2.31 bits per heavy atom. The van der Waals surface area contributed by atoms with Gasteiger partial charge in [-0.3, -0.25) is 9.59 Å². The Kier molecular flexibility index (Phi) is 2.77. The molecule has 0 radical (unpaired) electrons. The number of aryl methyl sites for hydroxylation is 1. The Morgan fingerprint density at radius 1 is 1.56 bits per heavy atom. The van der Waals surface area contributed by atoms with E-state index in [0.29, 0.717) is 12.4 Å². The largest absolute Gasteiger partial charge is 0.351 e. The highest BCUT2D eigenvalue weighted by Gasteiger charge is 2.27. The van der Waals surface area contributed by atoms with Gasteiger partial charge in [0.25, 0.3) is 5.56 Å². The minimum absolute atomic E-state index is 0.0479. The van der Waals surface area contributed by atoms with Crippen LogP contribution in [0.2, 0.25) is 0 Å². The summed E-state index contributed by atoms with van der Waals surface area (Å²) in [7, 11) is 1.70. The van der Waals surface area contributed by atoms with E-state index in [1.165, 1.54) is 4.57 Å². The van der Waals surface area contributed by atoms with Crippen molar-refractivity contribution in [3.8, 4) is 0 Å². The van der Waals surface area contributed by atoms with Gasteiger partial charge in [0.2, 0.25) is 0 Å². The maximum absolute atomic E-state index is 11.8. The molecule has 86 valence electrons. The maximum atomic E-state index is 11.8. The van der Waals surface area contributed by atoms with Gasteiger partial charge in [0.15, 0.2) is 5.82 Å². The molecule has 0 amide bonds. The Morgan fingerprint density at radius 3 is 2.94 bits per heavy atom. The molecule has 1 fully saturated rings. The zero-order chi connectivity index (χ0) is 11.7. The van der Waals surface area contributed by atoms with E-state index >= 15 is 0 Å². The van der Waals surface area contributed by atoms with Crippen molar-refractivity contribution in [2.75, 3.05) is 18.0 Å². The molecule has 0 aromatic carbocycles. The maximum Gasteiger partial charge on any atom is 0.293 e. The van der Waals surface area contributed by atoms with Crippen LogP contribution in [0.4, 0.5) is 5.82 Å². The highest BCUT2D eigenvalue weighted by Crippen LogP contribution is 2.19. The third-order valence-corrected chi connectivity index (χ3v) is 3.06. The highest BCUT2D eigenvalue weighted by atomic mass is 16.1. The molecule has 1 aromatic heterocycles. The Hall–Kier alpha value is -1.65. The lowest BCUT2D eigenvalue weighted by Crippen LogP contribution is -2.31. The number of anilines is 1. The van der Waals surface area contributed by atoms with E-state index in [1.54, 1.807) is 26.4 Å². The summed E-state index contributed by atoms with van der Waals surface area (Å²) in [5, 5.41) is 0. The molecule has 0 N–H and O–H groups in total. The lowest BCUT2D eigenvalue weighted by molar-refractivity contribution is -0.120. The quantitative estimate of drug-likeness (QED) is 0.715. The molecule has 2 heterocycles. The Bertz CT molecular complexity index is 467. The molecule has 1 saturated heterocycles. The van der Waals surface area contributed by atoms with Gasteiger partial charge >= 0.3 is 0 Å². The van der Waals surface area contributed by atoms with E-state index in [0.717, 1.165) is 13.0 Å². The lowest BCUT2D eigenvalue weighted by atomic mass is 10.1. The molecule has 0 bridgehead atoms. The summed E-state index contributed by atoms with van der Waals surface area (Å²) in [6.45, 7) is 2.95. The second kappa shape index (κ2) is 4.08. The number of hydrogen-bond acceptors (Lipinski definition) is 4. The summed E-state index contributed by atoms with van der Waals surface area (Å²) < 4.78 is 1.50. The number of Topliss-reactive ketones (excluding diaryl/α,β-unsaturated/α-hetero) is 1. The second-order valence-corrected chi connectivity index (χ2v) is 4.21. The average Bonchev–Trinajstić information content (AvgIpc) is 2.71. The van der Waals surface area contributed by atoms with Crippen molar-refractivity contribution in [3.63, 3.8) is 0 Å². The number of carbonyl (C=O) groups is 1. The van der Waals surface area contributed by atoms with Gasteiger partial charge in [-0.25, -0.2) is 4.98 Å². The van der Waals surface area contributed by atoms with Crippen LogP contribution in [0.5, 0.6) is 0 Å². The summed E-state index contributed by atoms with van der Waals surface area (Å²) in [4.78, 5) is 29.0. The predicted octanol–water partition coefficient (Wildman–Crippen LogP) is 0.196. The first-order valence-electron chi connectivity index (χ1n) is 5.36. The van der Waals surface area contributed by atoms with Crippen molar-refractivity contribution in [3.05, 3.63) is 22.7 Å². The fraction of sp³-hybridized carbons (Fsp3) is 0.545. The summed E-state index contributed by atoms with van der Waals surface area (Å²) >= 11 is 0. The van der Waals surface area contributed by atoms with Gasteiger partial charge in [-0.2, -0.15) is 0 Å². The van der Waals surface area contributed by atoms with E-state index in [9.17, 15) is 9.59 Å². The molecule has 5 heteroatoms. The van der Waals surface area contributed by atoms with Crippen molar-refractivity contribution in [1.82, 2.24) is 9.55 Å². The second-order valence-electron chi connectivity index (χ2n) is 4.21. The van der Waals surface area contributed by atoms with Gasteiger partial charge < -0.3 is 9.47 Å². The van der Waals surface area contributed by atoms with Crippen LogP contribution in [-0.4, -0.2) is 28.4 Å². The van der Waals surface area contributed by atoms with Gasteiger partial charge in [0.1, 0.15) is 5.78 Å². The molecular weight excluding hydrogens is 206 g/mol. The van der Waals surface area contributed by atoms with Crippen molar-refractivity contribution in [2.45, 2.75) is 13.3 Å². The molecule has 0 spiro atoms. The van der Waals surface area contributed by atoms with Crippen LogP contribution < -0.4 is 10.5 Å². The molecule has 1 aliphatic rings. The molecular formula is C11H15N3O2. The minimum Gasteiger partial charge on any atom is -0.351 e. The third-order valence-electron chi connectivity index (χ3n) is 3.06. The topological polar surface area (TPSA) is 55.2 Å². The fourth-order valence-electron chi connectivity index (χ4n) is 1.99. The van der Waals surface area contributed by atoms with E-state index in [2.05, 4.69) is 4.98 Å². The van der Waals surface area contributed by atoms with Gasteiger partial charge in [0, 0.05) is 38.4 Å². The van der Waals surface area contributed by atoms with Gasteiger partial charge in [-0.15, -0.1) is 0 Å². The summed E-state index contributed by atoms with van der Waals surface area (Å²) in [5.41, 5.74) is -0.105. The number of hydrogen-bond donors (Lipinski definition) is 0. The van der Waals surface area contributed by atoms with Crippen LogP contribution in [0.15, 0.2) is 17.2 Å². The summed E-state index contributed by atoms with van der Waals surface area (Å²) in [6.07, 6.45) is 4.05. The smallest absolute Gasteiger partial charge is 0.293 e. The molecule has 0 aliphatic carbocycles. The van der Waals surface area contributed by atoms with Crippen LogP contribution in [0.3, 0.4) is 0 Å². The van der Waals surface area contributed by atoms with Crippen LogP contribution in [0.25, 0.3) is 0 Å². The first-order valence-corrected chi connectivity index (χ1v) is 5.36. The third kappa shape index (κ3) is 1.85. The SMILES string of the molecule is CC(=O)C1CCN(c2nccn(C)c2=O)C1. The molecule has 16 heavy (non-hydrogen) atoms. The number of aromatic nitrogens is 2. The number of carbonyl (C=O) groups excluding carboxylic acids is 1. The number of rotatable bonds is 2. The first kappa shape index (κ1) is 10.9. The van der Waals surface area contributed by atoms with Gasteiger partial charge in [0.05, 0.1) is 0 Å². The predicted molar refractivity (Wildman–Crippen MR) is 60.5 cm³/mol. The summed E-state index contributed by atoms with van der Waals surface area (Å²) in [6, 6.07) is 0. The van der Waals surface area contributed by atoms with Crippen molar-refractivity contribution >= 4 is 11.6 Å². The van der Waals surface area contributed by atoms with E-state index in [4.69, 9.17) is 0 Å². The van der Waals surface area contributed by atoms with E-state index < -0.39 is 0 Å². The molecule has 0 saturated carbocycles. The summed E-state index contributed by atoms with van der Waals surface area (Å²) in [5.74, 6) is 0.690. The number of nitrogens with zero attached hydrogens (tertiary/aromatic N) is 3. The number of ketones is 1. The van der Waals surface area contributed by atoms with Crippen LogP contribution in [-0.2, 0) is 11.8 Å². The Labute approximate surface area is 93.7 Å². The molecule has 5 nitrogen and oxygen atoms in total. The lowest BCUT2D eigenvalue weighted by Gasteiger charge is -2.16. The first-order chi connectivity index (χ1) is 7.59. The molecule has 1 aromatic rings. The van der Waals surface area contributed by atoms with Crippen molar-refractivity contribution in [2.24, 2.45) is 13.0 Å². The van der Waals surface area contributed by atoms with Crippen molar-refractivity contribution in [1.29, 1.82) is 0 Å². The normalized spacial score (nSPS) is 20.1. The average molecular weight is 221 g/mol.